The van der Waals surface area contributed by atoms with E-state index in [1.807, 2.05) is 85.1 Å². The predicted molar refractivity (Wildman–Crippen MR) is 125 cm³/mol. The summed E-state index contributed by atoms with van der Waals surface area (Å²) >= 11 is 0. The van der Waals surface area contributed by atoms with Gasteiger partial charge in [-0.3, -0.25) is 9.89 Å². The average Bonchev–Trinajstić information content (AvgIpc) is 3.38. The molecule has 0 bridgehead atoms. The highest BCUT2D eigenvalue weighted by atomic mass is 16.2. The molecule has 3 N–H and O–H groups in total. The average molecular weight is 422 g/mol. The highest BCUT2D eigenvalue weighted by molar-refractivity contribution is 5.95. The molecule has 0 aliphatic rings. The van der Waals surface area contributed by atoms with Gasteiger partial charge in [-0.1, -0.05) is 54.6 Å². The lowest BCUT2D eigenvalue weighted by Gasteiger charge is -2.19. The quantitative estimate of drug-likeness (QED) is 0.392. The Balaban J connectivity index is 1.42. The molecule has 0 spiro atoms. The van der Waals surface area contributed by atoms with E-state index in [1.165, 1.54) is 0 Å². The van der Waals surface area contributed by atoms with E-state index in [9.17, 15) is 4.79 Å². The van der Waals surface area contributed by atoms with Crippen molar-refractivity contribution in [2.75, 3.05) is 11.9 Å². The molecule has 1 aromatic heterocycles. The summed E-state index contributed by atoms with van der Waals surface area (Å²) in [7, 11) is 0. The van der Waals surface area contributed by atoms with Crippen LogP contribution in [0.5, 0.6) is 0 Å². The number of hydrogen-bond acceptors (Lipinski definition) is 4. The zero-order valence-electron chi connectivity index (χ0n) is 17.5. The second kappa shape index (κ2) is 10.2. The molecule has 4 aromatic rings. The lowest BCUT2D eigenvalue weighted by molar-refractivity contribution is -0.118. The fourth-order valence-corrected chi connectivity index (χ4v) is 3.48. The summed E-state index contributed by atoms with van der Waals surface area (Å²) in [6.45, 7) is 0.623. The van der Waals surface area contributed by atoms with Gasteiger partial charge in [0, 0.05) is 24.0 Å². The van der Waals surface area contributed by atoms with Crippen molar-refractivity contribution in [3.8, 4) is 17.2 Å². The van der Waals surface area contributed by atoms with Gasteiger partial charge in [0.2, 0.25) is 5.91 Å². The van der Waals surface area contributed by atoms with E-state index < -0.39 is 6.04 Å². The van der Waals surface area contributed by atoms with Crippen molar-refractivity contribution in [2.24, 2.45) is 0 Å². The van der Waals surface area contributed by atoms with Gasteiger partial charge in [0.05, 0.1) is 17.8 Å². The predicted octanol–water partition coefficient (Wildman–Crippen LogP) is 4.46. The second-order valence-corrected chi connectivity index (χ2v) is 7.41. The number of nitriles is 1. The summed E-state index contributed by atoms with van der Waals surface area (Å²) in [6.07, 6.45) is 4.34. The molecule has 1 unspecified atom stereocenters. The third kappa shape index (κ3) is 5.28. The highest BCUT2D eigenvalue weighted by Gasteiger charge is 2.20. The zero-order chi connectivity index (χ0) is 22.2. The summed E-state index contributed by atoms with van der Waals surface area (Å²) in [4.78, 5) is 13.1. The van der Waals surface area contributed by atoms with E-state index in [2.05, 4.69) is 26.9 Å². The molecule has 1 amide bonds. The first-order valence-corrected chi connectivity index (χ1v) is 10.4. The van der Waals surface area contributed by atoms with Crippen LogP contribution in [0.2, 0.25) is 0 Å². The lowest BCUT2D eigenvalue weighted by Crippen LogP contribution is -2.34. The van der Waals surface area contributed by atoms with Crippen LogP contribution in [0, 0.1) is 11.3 Å². The van der Waals surface area contributed by atoms with Crippen LogP contribution < -0.4 is 10.6 Å². The molecule has 158 valence electrons. The molecule has 0 aliphatic heterocycles. The van der Waals surface area contributed by atoms with Crippen molar-refractivity contribution in [3.05, 3.63) is 108 Å². The Morgan fingerprint density at radius 1 is 0.969 bits per heavy atom. The smallest absolute Gasteiger partial charge is 0.246 e. The SMILES string of the molecule is N#Cc1ccc(CCNC(C(=O)Nc2ccc(-c3cn[nH]c3)cc2)c2ccccc2)cc1. The minimum Gasteiger partial charge on any atom is -0.324 e. The van der Waals surface area contributed by atoms with Crippen molar-refractivity contribution in [3.63, 3.8) is 0 Å². The Labute approximate surface area is 186 Å². The molecular formula is C26H23N5O. The van der Waals surface area contributed by atoms with E-state index >= 15 is 0 Å². The normalized spacial score (nSPS) is 11.5. The van der Waals surface area contributed by atoms with E-state index in [0.717, 1.165) is 34.4 Å². The number of anilines is 1. The Morgan fingerprint density at radius 3 is 2.38 bits per heavy atom. The molecule has 1 atom stereocenters. The van der Waals surface area contributed by atoms with Crippen LogP contribution in [0.1, 0.15) is 22.7 Å². The maximum Gasteiger partial charge on any atom is 0.246 e. The van der Waals surface area contributed by atoms with Crippen LogP contribution in [0.25, 0.3) is 11.1 Å². The second-order valence-electron chi connectivity index (χ2n) is 7.41. The molecule has 6 nitrogen and oxygen atoms in total. The van der Waals surface area contributed by atoms with Gasteiger partial charge in [-0.05, 0) is 47.4 Å². The number of carbonyl (C=O) groups excluding carboxylic acids is 1. The first-order valence-electron chi connectivity index (χ1n) is 10.4. The summed E-state index contributed by atoms with van der Waals surface area (Å²) in [5, 5.41) is 22.1. The topological polar surface area (TPSA) is 93.6 Å². The molecule has 0 saturated carbocycles. The first kappa shape index (κ1) is 21.0. The van der Waals surface area contributed by atoms with Crippen LogP contribution in [0.4, 0.5) is 5.69 Å². The maximum absolute atomic E-state index is 13.1. The minimum atomic E-state index is -0.483. The van der Waals surface area contributed by atoms with E-state index in [4.69, 9.17) is 5.26 Å². The Morgan fingerprint density at radius 2 is 1.72 bits per heavy atom. The molecule has 0 radical (unpaired) electrons. The van der Waals surface area contributed by atoms with Gasteiger partial charge in [-0.15, -0.1) is 0 Å². The standard InChI is InChI=1S/C26H23N5O/c27-16-20-8-6-19(7-9-20)14-15-28-25(22-4-2-1-3-5-22)26(32)31-24-12-10-21(11-13-24)23-17-29-30-18-23/h1-13,17-18,25,28H,14-15H2,(H,29,30)(H,31,32). The van der Waals surface area contributed by atoms with Crippen LogP contribution in [0.3, 0.4) is 0 Å². The number of nitrogens with one attached hydrogen (secondary N) is 3. The number of carbonyl (C=O) groups is 1. The molecule has 6 heteroatoms. The van der Waals surface area contributed by atoms with Crippen molar-refractivity contribution in [2.45, 2.75) is 12.5 Å². The van der Waals surface area contributed by atoms with Crippen molar-refractivity contribution >= 4 is 11.6 Å². The van der Waals surface area contributed by atoms with Crippen molar-refractivity contribution in [1.82, 2.24) is 15.5 Å². The van der Waals surface area contributed by atoms with E-state index in [0.29, 0.717) is 12.1 Å². The van der Waals surface area contributed by atoms with E-state index in [-0.39, 0.29) is 5.91 Å². The molecule has 4 rings (SSSR count). The number of amides is 1. The number of H-pyrrole nitrogens is 1. The van der Waals surface area contributed by atoms with E-state index in [1.54, 1.807) is 6.20 Å². The van der Waals surface area contributed by atoms with Crippen molar-refractivity contribution in [1.29, 1.82) is 5.26 Å². The molecular weight excluding hydrogens is 398 g/mol. The Kier molecular flexibility index (Phi) is 6.71. The number of aromatic nitrogens is 2. The van der Waals surface area contributed by atoms with Crippen LogP contribution in [-0.2, 0) is 11.2 Å². The third-order valence-electron chi connectivity index (χ3n) is 5.22. The van der Waals surface area contributed by atoms with Gasteiger partial charge < -0.3 is 10.6 Å². The van der Waals surface area contributed by atoms with Crippen LogP contribution in [0.15, 0.2) is 91.3 Å². The number of benzene rings is 3. The molecule has 0 saturated heterocycles. The fraction of sp³-hybridized carbons (Fsp3) is 0.115. The fourth-order valence-electron chi connectivity index (χ4n) is 3.48. The minimum absolute atomic E-state index is 0.118. The summed E-state index contributed by atoms with van der Waals surface area (Å²) < 4.78 is 0. The molecule has 0 aliphatic carbocycles. The van der Waals surface area contributed by atoms with Gasteiger partial charge >= 0.3 is 0 Å². The van der Waals surface area contributed by atoms with Crippen LogP contribution >= 0.6 is 0 Å². The van der Waals surface area contributed by atoms with Gasteiger partial charge in [0.1, 0.15) is 6.04 Å². The summed E-state index contributed by atoms with van der Waals surface area (Å²) in [5.74, 6) is -0.118. The van der Waals surface area contributed by atoms with Gasteiger partial charge in [0.15, 0.2) is 0 Å². The van der Waals surface area contributed by atoms with Crippen LogP contribution in [-0.4, -0.2) is 22.6 Å². The summed E-state index contributed by atoms with van der Waals surface area (Å²) in [5.41, 5.74) is 5.41. The van der Waals surface area contributed by atoms with Gasteiger partial charge in [-0.2, -0.15) is 10.4 Å². The molecule has 32 heavy (non-hydrogen) atoms. The van der Waals surface area contributed by atoms with Gasteiger partial charge in [-0.25, -0.2) is 0 Å². The monoisotopic (exact) mass is 421 g/mol. The third-order valence-corrected chi connectivity index (χ3v) is 5.22. The van der Waals surface area contributed by atoms with Crippen molar-refractivity contribution < 1.29 is 4.79 Å². The maximum atomic E-state index is 13.1. The summed E-state index contributed by atoms with van der Waals surface area (Å²) in [6, 6.07) is 26.5. The number of aromatic amines is 1. The Bertz CT molecular complexity index is 1180. The Hall–Kier alpha value is -4.21. The first-order chi connectivity index (χ1) is 15.7. The molecule has 0 fully saturated rings. The molecule has 3 aromatic carbocycles. The molecule has 1 heterocycles. The number of hydrogen-bond donors (Lipinski definition) is 3. The largest absolute Gasteiger partial charge is 0.324 e. The number of rotatable bonds is 8. The zero-order valence-corrected chi connectivity index (χ0v) is 17.5. The van der Waals surface area contributed by atoms with Gasteiger partial charge in [0.25, 0.3) is 0 Å². The number of nitrogens with zero attached hydrogens (tertiary/aromatic N) is 2. The highest BCUT2D eigenvalue weighted by Crippen LogP contribution is 2.21. The lowest BCUT2D eigenvalue weighted by atomic mass is 10.0.